The van der Waals surface area contributed by atoms with E-state index in [1.165, 1.54) is 4.68 Å². The highest BCUT2D eigenvalue weighted by molar-refractivity contribution is 6.30. The first-order valence-corrected chi connectivity index (χ1v) is 9.74. The van der Waals surface area contributed by atoms with E-state index in [1.807, 2.05) is 42.5 Å². The zero-order valence-corrected chi connectivity index (χ0v) is 17.2. The van der Waals surface area contributed by atoms with Crippen molar-refractivity contribution in [2.45, 2.75) is 27.8 Å². The van der Waals surface area contributed by atoms with E-state index in [-0.39, 0.29) is 13.1 Å². The van der Waals surface area contributed by atoms with Gasteiger partial charge in [-0.05, 0) is 41.3 Å². The van der Waals surface area contributed by atoms with Gasteiger partial charge in [0.05, 0.1) is 7.11 Å². The van der Waals surface area contributed by atoms with Gasteiger partial charge in [-0.1, -0.05) is 45.0 Å². The minimum absolute atomic E-state index is 0. The number of rotatable bonds is 5. The van der Waals surface area contributed by atoms with Gasteiger partial charge >= 0.3 is 5.69 Å². The smallest absolute Gasteiger partial charge is 0.350 e. The van der Waals surface area contributed by atoms with Crippen LogP contribution in [0, 0.1) is 5.92 Å². The molecule has 0 spiro atoms. The Morgan fingerprint density at radius 2 is 1.77 bits per heavy atom. The van der Waals surface area contributed by atoms with Crippen LogP contribution in [-0.4, -0.2) is 26.3 Å². The molecule has 4 rings (SSSR count). The van der Waals surface area contributed by atoms with Crippen LogP contribution in [0.1, 0.15) is 21.3 Å². The molecule has 156 valence electrons. The number of hydrogen-bond donors (Lipinski definition) is 0. The fourth-order valence-electron chi connectivity index (χ4n) is 3.34. The van der Waals surface area contributed by atoms with Crippen molar-refractivity contribution in [3.63, 3.8) is 0 Å². The molecule has 0 aliphatic carbocycles. The Hall–Kier alpha value is -3.12. The molecule has 0 aliphatic heterocycles. The molecular formula is C23H25ClN4O2. The quantitative estimate of drug-likeness (QED) is 0.443. The molecule has 3 heterocycles. The van der Waals surface area contributed by atoms with Gasteiger partial charge in [-0.3, -0.25) is 0 Å². The van der Waals surface area contributed by atoms with Gasteiger partial charge in [0.15, 0.2) is 5.65 Å². The largest absolute Gasteiger partial charge is 0.481 e. The van der Waals surface area contributed by atoms with Gasteiger partial charge in [-0.25, -0.2) is 18.9 Å². The van der Waals surface area contributed by atoms with E-state index in [1.54, 1.807) is 23.9 Å². The summed E-state index contributed by atoms with van der Waals surface area (Å²) in [4.78, 5) is 17.2. The van der Waals surface area contributed by atoms with Gasteiger partial charge in [-0.2, -0.15) is 0 Å². The summed E-state index contributed by atoms with van der Waals surface area (Å²) in [6.07, 6.45) is 3.52. The normalized spacial score (nSPS) is 11.0. The van der Waals surface area contributed by atoms with Crippen molar-refractivity contribution in [1.82, 2.24) is 19.2 Å². The molecule has 0 N–H and O–H groups in total. The second-order valence-corrected chi connectivity index (χ2v) is 7.69. The van der Waals surface area contributed by atoms with Crippen molar-refractivity contribution in [2.24, 2.45) is 5.92 Å². The molecule has 0 fully saturated rings. The number of aromatic nitrogens is 4. The molecule has 0 amide bonds. The maximum atomic E-state index is 12.8. The fraction of sp³-hybridized carbons (Fsp3) is 0.261. The average Bonchev–Trinajstić information content (AvgIpc) is 3.03. The molecule has 6 nitrogen and oxygen atoms in total. The lowest BCUT2D eigenvalue weighted by molar-refractivity contribution is 0.398. The van der Waals surface area contributed by atoms with Gasteiger partial charge in [0, 0.05) is 41.2 Å². The second kappa shape index (κ2) is 8.71. The Kier molecular flexibility index (Phi) is 6.27. The topological polar surface area (TPSA) is 61.4 Å². The van der Waals surface area contributed by atoms with E-state index in [0.717, 1.165) is 22.3 Å². The Morgan fingerprint density at radius 3 is 2.37 bits per heavy atom. The summed E-state index contributed by atoms with van der Waals surface area (Å²) in [5, 5.41) is 5.31. The highest BCUT2D eigenvalue weighted by atomic mass is 35.5. The Balaban J connectivity index is 0.00000256. The van der Waals surface area contributed by atoms with Crippen molar-refractivity contribution in [2.75, 3.05) is 7.11 Å². The Labute approximate surface area is 180 Å². The summed E-state index contributed by atoms with van der Waals surface area (Å²) < 4.78 is 8.29. The predicted octanol–water partition coefficient (Wildman–Crippen LogP) is 5.18. The third kappa shape index (κ3) is 3.96. The third-order valence-corrected chi connectivity index (χ3v) is 4.93. The molecule has 7 heteroatoms. The molecule has 30 heavy (non-hydrogen) atoms. The van der Waals surface area contributed by atoms with Crippen molar-refractivity contribution in [3.8, 4) is 28.1 Å². The van der Waals surface area contributed by atoms with Crippen LogP contribution in [0.3, 0.4) is 0 Å². The maximum Gasteiger partial charge on any atom is 0.350 e. The second-order valence-electron chi connectivity index (χ2n) is 7.25. The molecule has 4 aromatic rings. The highest BCUT2D eigenvalue weighted by Crippen LogP contribution is 2.35. The first kappa shape index (κ1) is 21.6. The monoisotopic (exact) mass is 424 g/mol. The van der Waals surface area contributed by atoms with Crippen LogP contribution in [0.2, 0.25) is 5.02 Å². The molecule has 0 saturated carbocycles. The lowest BCUT2D eigenvalue weighted by Gasteiger charge is -2.11. The minimum Gasteiger partial charge on any atom is -0.481 e. The first-order chi connectivity index (χ1) is 14.0. The SMILES string of the molecule is C.COc1ccc(-c2ccn3c(=O)n(CC(C)C)nc3c2-c2ccc(Cl)cc2)cn1. The predicted molar refractivity (Wildman–Crippen MR) is 121 cm³/mol. The Bertz CT molecular complexity index is 1210. The first-order valence-electron chi connectivity index (χ1n) is 9.36. The maximum absolute atomic E-state index is 12.8. The van der Waals surface area contributed by atoms with Crippen LogP contribution in [0.25, 0.3) is 27.9 Å². The molecule has 0 saturated heterocycles. The molecule has 0 bridgehead atoms. The van der Waals surface area contributed by atoms with E-state index >= 15 is 0 Å². The van der Waals surface area contributed by atoms with Crippen molar-refractivity contribution in [1.29, 1.82) is 0 Å². The number of methoxy groups -OCH3 is 1. The van der Waals surface area contributed by atoms with Crippen LogP contribution < -0.4 is 10.4 Å². The molecule has 3 aromatic heterocycles. The summed E-state index contributed by atoms with van der Waals surface area (Å²) in [5.41, 5.74) is 4.07. The van der Waals surface area contributed by atoms with E-state index in [4.69, 9.17) is 16.3 Å². The van der Waals surface area contributed by atoms with Gasteiger partial charge in [-0.15, -0.1) is 5.10 Å². The summed E-state index contributed by atoms with van der Waals surface area (Å²) in [7, 11) is 1.58. The van der Waals surface area contributed by atoms with E-state index < -0.39 is 0 Å². The molecule has 0 atom stereocenters. The van der Waals surface area contributed by atoms with Crippen LogP contribution in [0.4, 0.5) is 0 Å². The zero-order valence-electron chi connectivity index (χ0n) is 16.5. The number of halogens is 1. The van der Waals surface area contributed by atoms with Crippen molar-refractivity contribution >= 4 is 17.2 Å². The van der Waals surface area contributed by atoms with Crippen LogP contribution in [-0.2, 0) is 6.54 Å². The summed E-state index contributed by atoms with van der Waals surface area (Å²) >= 11 is 6.10. The number of benzene rings is 1. The van der Waals surface area contributed by atoms with Crippen LogP contribution >= 0.6 is 11.6 Å². The van der Waals surface area contributed by atoms with E-state index in [2.05, 4.69) is 23.9 Å². The number of ether oxygens (including phenoxy) is 1. The van der Waals surface area contributed by atoms with Gasteiger partial charge in [0.1, 0.15) is 0 Å². The standard InChI is InChI=1S/C22H21ClN4O2.CH4/c1-14(2)13-27-22(28)26-11-10-18(16-6-9-19(29-3)24-12-16)20(21(26)25-27)15-4-7-17(23)8-5-15;/h4-12,14H,13H2,1-3H3;1H4. The minimum atomic E-state index is -0.150. The number of pyridine rings is 2. The van der Waals surface area contributed by atoms with Crippen molar-refractivity contribution in [3.05, 3.63) is 70.4 Å². The molecule has 1 aromatic carbocycles. The Morgan fingerprint density at radius 1 is 1.07 bits per heavy atom. The van der Waals surface area contributed by atoms with Gasteiger partial charge in [0.2, 0.25) is 5.88 Å². The number of fused-ring (bicyclic) bond motifs is 1. The summed E-state index contributed by atoms with van der Waals surface area (Å²) in [5.74, 6) is 0.849. The molecule has 0 unspecified atom stereocenters. The number of nitrogens with zero attached hydrogens (tertiary/aromatic N) is 4. The van der Waals surface area contributed by atoms with E-state index in [0.29, 0.717) is 29.0 Å². The lowest BCUT2D eigenvalue weighted by Crippen LogP contribution is -2.23. The molecule has 0 radical (unpaired) electrons. The summed E-state index contributed by atoms with van der Waals surface area (Å²) in [6.45, 7) is 4.68. The van der Waals surface area contributed by atoms with Gasteiger partial charge < -0.3 is 4.74 Å². The average molecular weight is 425 g/mol. The van der Waals surface area contributed by atoms with Gasteiger partial charge in [0.25, 0.3) is 0 Å². The fourth-order valence-corrected chi connectivity index (χ4v) is 3.47. The highest BCUT2D eigenvalue weighted by Gasteiger charge is 2.18. The van der Waals surface area contributed by atoms with Crippen molar-refractivity contribution < 1.29 is 4.74 Å². The molecule has 0 aliphatic rings. The summed E-state index contributed by atoms with van der Waals surface area (Å²) in [6, 6.07) is 13.2. The van der Waals surface area contributed by atoms with Crippen LogP contribution in [0.5, 0.6) is 5.88 Å². The third-order valence-electron chi connectivity index (χ3n) is 4.68. The molecular weight excluding hydrogens is 400 g/mol. The van der Waals surface area contributed by atoms with E-state index in [9.17, 15) is 4.79 Å². The number of hydrogen-bond acceptors (Lipinski definition) is 4. The zero-order chi connectivity index (χ0) is 20.5. The van der Waals surface area contributed by atoms with Crippen LogP contribution in [0.15, 0.2) is 59.7 Å². The lowest BCUT2D eigenvalue weighted by atomic mass is 9.97.